The van der Waals surface area contributed by atoms with E-state index in [-0.39, 0.29) is 12.1 Å². The van der Waals surface area contributed by atoms with Crippen molar-refractivity contribution in [3.63, 3.8) is 0 Å². The molecule has 0 aliphatic rings. The molecule has 0 radical (unpaired) electrons. The zero-order chi connectivity index (χ0) is 15.4. The van der Waals surface area contributed by atoms with Gasteiger partial charge in [0.15, 0.2) is 0 Å². The van der Waals surface area contributed by atoms with Gasteiger partial charge < -0.3 is 10.1 Å². The van der Waals surface area contributed by atoms with Crippen LogP contribution in [0.4, 0.5) is 0 Å². The molecule has 2 unspecified atom stereocenters. The van der Waals surface area contributed by atoms with Crippen LogP contribution in [0.1, 0.15) is 49.7 Å². The van der Waals surface area contributed by atoms with E-state index >= 15 is 0 Å². The molecule has 2 aromatic rings. The number of ether oxygens (including phenoxy) is 1. The Morgan fingerprint density at radius 2 is 1.86 bits per heavy atom. The van der Waals surface area contributed by atoms with Gasteiger partial charge in [-0.3, -0.25) is 4.68 Å². The molecule has 0 aliphatic heterocycles. The predicted molar refractivity (Wildman–Crippen MR) is 85.5 cm³/mol. The van der Waals surface area contributed by atoms with Crippen LogP contribution in [0.15, 0.2) is 30.5 Å². The summed E-state index contributed by atoms with van der Waals surface area (Å²) in [6.45, 7) is 9.10. The molecule has 2 rings (SSSR count). The third-order valence-corrected chi connectivity index (χ3v) is 3.71. The van der Waals surface area contributed by atoms with Crippen LogP contribution in [-0.4, -0.2) is 16.4 Å². The Labute approximate surface area is 127 Å². The molecule has 1 aromatic heterocycles. The average Bonchev–Trinajstić information content (AvgIpc) is 2.79. The van der Waals surface area contributed by atoms with Crippen molar-refractivity contribution in [3.8, 4) is 5.75 Å². The lowest BCUT2D eigenvalue weighted by Crippen LogP contribution is -2.22. The van der Waals surface area contributed by atoms with Gasteiger partial charge in [0.2, 0.25) is 0 Å². The van der Waals surface area contributed by atoms with Crippen LogP contribution < -0.4 is 10.1 Å². The molecule has 1 aromatic carbocycles. The Morgan fingerprint density at radius 3 is 2.38 bits per heavy atom. The van der Waals surface area contributed by atoms with Crippen molar-refractivity contribution in [1.29, 1.82) is 0 Å². The molecule has 0 bridgehead atoms. The normalized spacial score (nSPS) is 14.0. The quantitative estimate of drug-likeness (QED) is 0.883. The van der Waals surface area contributed by atoms with E-state index in [2.05, 4.69) is 49.5 Å². The minimum Gasteiger partial charge on any atom is -0.494 e. The molecule has 114 valence electrons. The molecule has 0 amide bonds. The number of benzene rings is 1. The van der Waals surface area contributed by atoms with Crippen LogP contribution in [0.5, 0.6) is 5.75 Å². The summed E-state index contributed by atoms with van der Waals surface area (Å²) in [4.78, 5) is 0. The summed E-state index contributed by atoms with van der Waals surface area (Å²) < 4.78 is 7.34. The molecule has 0 saturated heterocycles. The second kappa shape index (κ2) is 6.76. The topological polar surface area (TPSA) is 39.1 Å². The maximum atomic E-state index is 5.48. The van der Waals surface area contributed by atoms with Crippen LogP contribution in [0, 0.1) is 6.92 Å². The highest BCUT2D eigenvalue weighted by molar-refractivity contribution is 5.29. The van der Waals surface area contributed by atoms with Crippen LogP contribution in [0.25, 0.3) is 0 Å². The second-order valence-corrected chi connectivity index (χ2v) is 5.46. The highest BCUT2D eigenvalue weighted by Gasteiger charge is 2.15. The van der Waals surface area contributed by atoms with Gasteiger partial charge in [-0.25, -0.2) is 0 Å². The van der Waals surface area contributed by atoms with Crippen molar-refractivity contribution < 1.29 is 4.74 Å². The summed E-state index contributed by atoms with van der Waals surface area (Å²) in [5.41, 5.74) is 3.58. The smallest absolute Gasteiger partial charge is 0.119 e. The van der Waals surface area contributed by atoms with Gasteiger partial charge in [0.05, 0.1) is 12.3 Å². The lowest BCUT2D eigenvalue weighted by atomic mass is 10.0. The largest absolute Gasteiger partial charge is 0.494 e. The van der Waals surface area contributed by atoms with Gasteiger partial charge in [-0.05, 0) is 45.4 Å². The minimum atomic E-state index is 0.264. The van der Waals surface area contributed by atoms with E-state index < -0.39 is 0 Å². The number of hydrogen-bond acceptors (Lipinski definition) is 3. The first-order valence-electron chi connectivity index (χ1n) is 7.50. The molecule has 0 fully saturated rings. The maximum Gasteiger partial charge on any atom is 0.119 e. The monoisotopic (exact) mass is 287 g/mol. The summed E-state index contributed by atoms with van der Waals surface area (Å²) in [6.07, 6.45) is 2.08. The molecule has 0 aliphatic carbocycles. The molecule has 1 heterocycles. The van der Waals surface area contributed by atoms with Gasteiger partial charge in [0.1, 0.15) is 5.75 Å². The Morgan fingerprint density at radius 1 is 1.19 bits per heavy atom. The number of aryl methyl sites for hydroxylation is 2. The van der Waals surface area contributed by atoms with Gasteiger partial charge in [0.25, 0.3) is 0 Å². The number of rotatable bonds is 6. The van der Waals surface area contributed by atoms with Crippen LogP contribution in [0.3, 0.4) is 0 Å². The molecular formula is C17H25N3O. The van der Waals surface area contributed by atoms with Gasteiger partial charge in [-0.1, -0.05) is 12.1 Å². The van der Waals surface area contributed by atoms with Gasteiger partial charge in [-0.2, -0.15) is 5.10 Å². The SMILES string of the molecule is CCOc1ccc(C(C)NC(C)c2cn(C)nc2C)cc1. The summed E-state index contributed by atoms with van der Waals surface area (Å²) in [6, 6.07) is 8.82. The van der Waals surface area contributed by atoms with E-state index in [1.165, 1.54) is 11.1 Å². The first-order valence-corrected chi connectivity index (χ1v) is 7.50. The van der Waals surface area contributed by atoms with Crippen LogP contribution >= 0.6 is 0 Å². The van der Waals surface area contributed by atoms with Crippen molar-refractivity contribution in [2.24, 2.45) is 7.05 Å². The second-order valence-electron chi connectivity index (χ2n) is 5.46. The van der Waals surface area contributed by atoms with E-state index in [1.54, 1.807) is 0 Å². The Kier molecular flexibility index (Phi) is 5.02. The molecule has 21 heavy (non-hydrogen) atoms. The molecule has 4 heteroatoms. The molecule has 2 atom stereocenters. The lowest BCUT2D eigenvalue weighted by molar-refractivity contribution is 0.340. The average molecular weight is 287 g/mol. The Balaban J connectivity index is 2.03. The van der Waals surface area contributed by atoms with Crippen LogP contribution in [0.2, 0.25) is 0 Å². The molecule has 4 nitrogen and oxygen atoms in total. The minimum absolute atomic E-state index is 0.264. The first kappa shape index (κ1) is 15.6. The third-order valence-electron chi connectivity index (χ3n) is 3.71. The van der Waals surface area contributed by atoms with Crippen molar-refractivity contribution in [2.45, 2.75) is 39.8 Å². The lowest BCUT2D eigenvalue weighted by Gasteiger charge is -2.20. The fraction of sp³-hybridized carbons (Fsp3) is 0.471. The van der Waals surface area contributed by atoms with Crippen LogP contribution in [-0.2, 0) is 7.05 Å². The molecule has 0 saturated carbocycles. The highest BCUT2D eigenvalue weighted by atomic mass is 16.5. The number of nitrogens with one attached hydrogen (secondary N) is 1. The Hall–Kier alpha value is -1.81. The summed E-state index contributed by atoms with van der Waals surface area (Å²) in [7, 11) is 1.96. The number of hydrogen-bond donors (Lipinski definition) is 1. The molecular weight excluding hydrogens is 262 g/mol. The van der Waals surface area contributed by atoms with Gasteiger partial charge in [-0.15, -0.1) is 0 Å². The van der Waals surface area contributed by atoms with Crippen molar-refractivity contribution in [3.05, 3.63) is 47.3 Å². The maximum absolute atomic E-state index is 5.48. The molecule has 1 N–H and O–H groups in total. The van der Waals surface area contributed by atoms with Crippen molar-refractivity contribution >= 4 is 0 Å². The van der Waals surface area contributed by atoms with E-state index in [0.717, 1.165) is 11.4 Å². The summed E-state index contributed by atoms with van der Waals surface area (Å²) >= 11 is 0. The van der Waals surface area contributed by atoms with Gasteiger partial charge in [0, 0.05) is 30.9 Å². The van der Waals surface area contributed by atoms with E-state index in [4.69, 9.17) is 4.74 Å². The zero-order valence-electron chi connectivity index (χ0n) is 13.6. The van der Waals surface area contributed by atoms with E-state index in [0.29, 0.717) is 6.61 Å². The predicted octanol–water partition coefficient (Wildman–Crippen LogP) is 3.54. The van der Waals surface area contributed by atoms with Crippen molar-refractivity contribution in [1.82, 2.24) is 15.1 Å². The fourth-order valence-electron chi connectivity index (χ4n) is 2.62. The van der Waals surface area contributed by atoms with Crippen molar-refractivity contribution in [2.75, 3.05) is 6.61 Å². The number of nitrogens with zero attached hydrogens (tertiary/aromatic N) is 2. The Bertz CT molecular complexity index is 574. The third kappa shape index (κ3) is 3.85. The summed E-state index contributed by atoms with van der Waals surface area (Å²) in [5, 5.41) is 8.03. The zero-order valence-corrected chi connectivity index (χ0v) is 13.6. The standard InChI is InChI=1S/C17H25N3O/c1-6-21-16-9-7-15(8-10-16)12(2)18-13(3)17-11-20(5)19-14(17)4/h7-13,18H,6H2,1-5H3. The fourth-order valence-corrected chi connectivity index (χ4v) is 2.62. The van der Waals surface area contributed by atoms with E-state index in [9.17, 15) is 0 Å². The van der Waals surface area contributed by atoms with Gasteiger partial charge >= 0.3 is 0 Å². The summed E-state index contributed by atoms with van der Waals surface area (Å²) in [5.74, 6) is 0.921. The highest BCUT2D eigenvalue weighted by Crippen LogP contribution is 2.22. The molecule has 0 spiro atoms. The number of aromatic nitrogens is 2. The van der Waals surface area contributed by atoms with E-state index in [1.807, 2.05) is 30.8 Å². The first-order chi connectivity index (χ1) is 10.0.